The SMILES string of the molecule is CCCNCCOCc1c(C)noc1C. The third-order valence-electron chi connectivity index (χ3n) is 2.28. The van der Waals surface area contributed by atoms with Crippen LogP contribution in [0.4, 0.5) is 0 Å². The van der Waals surface area contributed by atoms with E-state index in [1.165, 1.54) is 0 Å². The normalized spacial score (nSPS) is 10.9. The Labute approximate surface area is 91.0 Å². The minimum Gasteiger partial charge on any atom is -0.375 e. The van der Waals surface area contributed by atoms with E-state index in [4.69, 9.17) is 9.26 Å². The molecular weight excluding hydrogens is 192 g/mol. The molecule has 0 spiro atoms. The Morgan fingerprint density at radius 1 is 1.33 bits per heavy atom. The summed E-state index contributed by atoms with van der Waals surface area (Å²) in [6, 6.07) is 0. The van der Waals surface area contributed by atoms with E-state index >= 15 is 0 Å². The second-order valence-electron chi connectivity index (χ2n) is 3.61. The van der Waals surface area contributed by atoms with Crippen molar-refractivity contribution in [2.75, 3.05) is 19.7 Å². The predicted molar refractivity (Wildman–Crippen MR) is 58.8 cm³/mol. The zero-order chi connectivity index (χ0) is 11.1. The molecule has 0 fully saturated rings. The van der Waals surface area contributed by atoms with Crippen LogP contribution in [0.5, 0.6) is 0 Å². The van der Waals surface area contributed by atoms with Crippen LogP contribution in [0.1, 0.15) is 30.4 Å². The Kier molecular flexibility index (Phi) is 5.36. The maximum Gasteiger partial charge on any atom is 0.139 e. The van der Waals surface area contributed by atoms with Gasteiger partial charge in [-0.2, -0.15) is 0 Å². The molecule has 86 valence electrons. The first kappa shape index (κ1) is 12.2. The maximum atomic E-state index is 5.52. The highest BCUT2D eigenvalue weighted by molar-refractivity contribution is 5.19. The summed E-state index contributed by atoms with van der Waals surface area (Å²) in [5, 5.41) is 7.15. The van der Waals surface area contributed by atoms with Crippen LogP contribution in [0.3, 0.4) is 0 Å². The summed E-state index contributed by atoms with van der Waals surface area (Å²) in [5.74, 6) is 0.856. The number of nitrogens with one attached hydrogen (secondary N) is 1. The number of hydrogen-bond acceptors (Lipinski definition) is 4. The summed E-state index contributed by atoms with van der Waals surface area (Å²) < 4.78 is 10.6. The van der Waals surface area contributed by atoms with Gasteiger partial charge in [0.1, 0.15) is 5.76 Å². The standard InChI is InChI=1S/C11H20N2O2/c1-4-5-12-6-7-14-8-11-9(2)13-15-10(11)3/h12H,4-8H2,1-3H3. The Morgan fingerprint density at radius 3 is 2.73 bits per heavy atom. The maximum absolute atomic E-state index is 5.52. The first-order chi connectivity index (χ1) is 7.25. The van der Waals surface area contributed by atoms with Crippen LogP contribution in [-0.4, -0.2) is 24.9 Å². The van der Waals surface area contributed by atoms with Gasteiger partial charge in [-0.1, -0.05) is 12.1 Å². The van der Waals surface area contributed by atoms with Crippen molar-refractivity contribution in [3.05, 3.63) is 17.0 Å². The van der Waals surface area contributed by atoms with E-state index in [0.717, 1.165) is 43.1 Å². The van der Waals surface area contributed by atoms with Crippen LogP contribution >= 0.6 is 0 Å². The molecule has 0 aliphatic carbocycles. The lowest BCUT2D eigenvalue weighted by Crippen LogP contribution is -2.20. The van der Waals surface area contributed by atoms with Crippen LogP contribution < -0.4 is 5.32 Å². The van der Waals surface area contributed by atoms with E-state index < -0.39 is 0 Å². The van der Waals surface area contributed by atoms with Gasteiger partial charge < -0.3 is 14.6 Å². The van der Waals surface area contributed by atoms with Crippen LogP contribution in [0, 0.1) is 13.8 Å². The monoisotopic (exact) mass is 212 g/mol. The van der Waals surface area contributed by atoms with Crippen molar-refractivity contribution >= 4 is 0 Å². The molecule has 0 bridgehead atoms. The van der Waals surface area contributed by atoms with Crippen molar-refractivity contribution in [3.63, 3.8) is 0 Å². The molecule has 0 saturated heterocycles. The number of hydrogen-bond donors (Lipinski definition) is 1. The van der Waals surface area contributed by atoms with Gasteiger partial charge in [-0.05, 0) is 26.8 Å². The van der Waals surface area contributed by atoms with E-state index in [1.807, 2.05) is 13.8 Å². The van der Waals surface area contributed by atoms with Crippen LogP contribution in [0.25, 0.3) is 0 Å². The molecule has 4 nitrogen and oxygen atoms in total. The Bertz CT molecular complexity index is 265. The van der Waals surface area contributed by atoms with Crippen molar-refractivity contribution in [1.29, 1.82) is 0 Å². The number of ether oxygens (including phenoxy) is 1. The number of aromatic nitrogens is 1. The number of nitrogens with zero attached hydrogens (tertiary/aromatic N) is 1. The smallest absolute Gasteiger partial charge is 0.139 e. The fourth-order valence-electron chi connectivity index (χ4n) is 1.33. The molecule has 0 saturated carbocycles. The van der Waals surface area contributed by atoms with Gasteiger partial charge in [0.2, 0.25) is 0 Å². The van der Waals surface area contributed by atoms with Gasteiger partial charge in [0.05, 0.1) is 18.9 Å². The van der Waals surface area contributed by atoms with Crippen molar-refractivity contribution < 1.29 is 9.26 Å². The van der Waals surface area contributed by atoms with Crippen LogP contribution in [0.2, 0.25) is 0 Å². The van der Waals surface area contributed by atoms with E-state index in [9.17, 15) is 0 Å². The molecule has 0 radical (unpaired) electrons. The van der Waals surface area contributed by atoms with Gasteiger partial charge in [-0.15, -0.1) is 0 Å². The Balaban J connectivity index is 2.15. The lowest BCUT2D eigenvalue weighted by atomic mass is 10.2. The van der Waals surface area contributed by atoms with Gasteiger partial charge in [-0.25, -0.2) is 0 Å². The van der Waals surface area contributed by atoms with Crippen LogP contribution in [-0.2, 0) is 11.3 Å². The van der Waals surface area contributed by atoms with Gasteiger partial charge in [0.15, 0.2) is 0 Å². The topological polar surface area (TPSA) is 47.3 Å². The molecule has 4 heteroatoms. The molecule has 0 unspecified atom stereocenters. The zero-order valence-corrected chi connectivity index (χ0v) is 9.80. The third kappa shape index (κ3) is 4.01. The summed E-state index contributed by atoms with van der Waals surface area (Å²) in [6.07, 6.45) is 1.16. The molecular formula is C11H20N2O2. The molecule has 1 rings (SSSR count). The third-order valence-corrected chi connectivity index (χ3v) is 2.28. The van der Waals surface area contributed by atoms with E-state index in [0.29, 0.717) is 6.61 Å². The molecule has 0 aliphatic rings. The minimum atomic E-state index is 0.592. The highest BCUT2D eigenvalue weighted by atomic mass is 16.5. The van der Waals surface area contributed by atoms with Crippen LogP contribution in [0.15, 0.2) is 4.52 Å². The lowest BCUT2D eigenvalue weighted by molar-refractivity contribution is 0.121. The second kappa shape index (κ2) is 6.58. The quantitative estimate of drug-likeness (QED) is 0.700. The second-order valence-corrected chi connectivity index (χ2v) is 3.61. The summed E-state index contributed by atoms with van der Waals surface area (Å²) in [6.45, 7) is 9.27. The lowest BCUT2D eigenvalue weighted by Gasteiger charge is -2.04. The van der Waals surface area contributed by atoms with Gasteiger partial charge in [0, 0.05) is 12.1 Å². The minimum absolute atomic E-state index is 0.592. The molecule has 1 heterocycles. The first-order valence-electron chi connectivity index (χ1n) is 5.46. The van der Waals surface area contributed by atoms with Crippen molar-refractivity contribution in [3.8, 4) is 0 Å². The number of rotatable bonds is 7. The van der Waals surface area contributed by atoms with Gasteiger partial charge >= 0.3 is 0 Å². The first-order valence-corrected chi connectivity index (χ1v) is 5.46. The average Bonchev–Trinajstić information content (AvgIpc) is 2.54. The van der Waals surface area contributed by atoms with E-state index in [2.05, 4.69) is 17.4 Å². The fourth-order valence-corrected chi connectivity index (χ4v) is 1.33. The van der Waals surface area contributed by atoms with Gasteiger partial charge in [-0.3, -0.25) is 0 Å². The summed E-state index contributed by atoms with van der Waals surface area (Å²) in [7, 11) is 0. The number of aryl methyl sites for hydroxylation is 2. The highest BCUT2D eigenvalue weighted by Crippen LogP contribution is 2.12. The zero-order valence-electron chi connectivity index (χ0n) is 9.80. The van der Waals surface area contributed by atoms with Crippen molar-refractivity contribution in [2.45, 2.75) is 33.8 Å². The Morgan fingerprint density at radius 2 is 2.13 bits per heavy atom. The van der Waals surface area contributed by atoms with E-state index in [1.54, 1.807) is 0 Å². The summed E-state index contributed by atoms with van der Waals surface area (Å²) >= 11 is 0. The predicted octanol–water partition coefficient (Wildman–Crippen LogP) is 1.81. The van der Waals surface area contributed by atoms with Gasteiger partial charge in [0.25, 0.3) is 0 Å². The molecule has 1 N–H and O–H groups in total. The molecule has 0 amide bonds. The van der Waals surface area contributed by atoms with E-state index in [-0.39, 0.29) is 0 Å². The highest BCUT2D eigenvalue weighted by Gasteiger charge is 2.07. The fraction of sp³-hybridized carbons (Fsp3) is 0.727. The molecule has 0 aromatic carbocycles. The summed E-state index contributed by atoms with van der Waals surface area (Å²) in [5.41, 5.74) is 2.00. The molecule has 15 heavy (non-hydrogen) atoms. The van der Waals surface area contributed by atoms with Crippen molar-refractivity contribution in [1.82, 2.24) is 10.5 Å². The molecule has 0 aliphatic heterocycles. The average molecular weight is 212 g/mol. The molecule has 1 aromatic rings. The Hall–Kier alpha value is -0.870. The largest absolute Gasteiger partial charge is 0.375 e. The van der Waals surface area contributed by atoms with Crippen molar-refractivity contribution in [2.24, 2.45) is 0 Å². The molecule has 0 atom stereocenters. The summed E-state index contributed by atoms with van der Waals surface area (Å²) in [4.78, 5) is 0. The molecule has 1 aromatic heterocycles.